The van der Waals surface area contributed by atoms with E-state index in [4.69, 9.17) is 0 Å². The molecule has 0 saturated heterocycles. The van der Waals surface area contributed by atoms with Crippen LogP contribution in [0.5, 0.6) is 0 Å². The van der Waals surface area contributed by atoms with E-state index in [1.807, 2.05) is 0 Å². The Kier molecular flexibility index (Phi) is 4.23. The molecular weight excluding hydrogens is 209 g/mol. The van der Waals surface area contributed by atoms with Crippen LogP contribution in [0.1, 0.15) is 0 Å². The molecule has 0 fully saturated rings. The van der Waals surface area contributed by atoms with Gasteiger partial charge in [0, 0.05) is 6.66 Å². The molecule has 0 amide bonds. The van der Waals surface area contributed by atoms with Crippen LogP contribution in [0.4, 0.5) is 0 Å². The lowest BCUT2D eigenvalue weighted by atomic mass is 12.0. The predicted octanol–water partition coefficient (Wildman–Crippen LogP) is 2.19. The van der Waals surface area contributed by atoms with Crippen molar-refractivity contribution >= 4 is 35.5 Å². The summed E-state index contributed by atoms with van der Waals surface area (Å²) >= 11 is 0. The monoisotopic (exact) mass is 216 g/mol. The Morgan fingerprint density at radius 2 is 1.45 bits per heavy atom. The molecule has 0 heterocycles. The maximum Gasteiger partial charge on any atom is 0.347 e. The fourth-order valence-corrected chi connectivity index (χ4v) is 3.38. The molecule has 8 heteroatoms. The van der Waals surface area contributed by atoms with Crippen LogP contribution in [-0.2, 0) is 22.3 Å². The van der Waals surface area contributed by atoms with Crippen LogP contribution in [0, 0.1) is 0 Å². The van der Waals surface area contributed by atoms with Crippen molar-refractivity contribution in [3.8, 4) is 0 Å². The number of hydrogen-bond acceptors (Lipinski definition) is 5. The zero-order valence-electron chi connectivity index (χ0n) is 5.80. The molecule has 0 aromatic carbocycles. The van der Waals surface area contributed by atoms with Crippen molar-refractivity contribution in [2.24, 2.45) is 0 Å². The van der Waals surface area contributed by atoms with Crippen LogP contribution in [-0.4, -0.2) is 19.3 Å². The van der Waals surface area contributed by atoms with Gasteiger partial charge in [0.2, 0.25) is 15.3 Å². The summed E-state index contributed by atoms with van der Waals surface area (Å²) in [6, 6.07) is 0. The van der Waals surface area contributed by atoms with E-state index in [1.165, 1.54) is 0 Å². The zero-order valence-corrected chi connectivity index (χ0v) is 8.48. The lowest BCUT2D eigenvalue weighted by Crippen LogP contribution is -1.76. The molecule has 0 aliphatic carbocycles. The molecule has 0 spiro atoms. The molecule has 5 nitrogen and oxygen atoms in total. The van der Waals surface area contributed by atoms with Crippen LogP contribution in [0.15, 0.2) is 0 Å². The second kappa shape index (κ2) is 4.20. The third kappa shape index (κ3) is 6.49. The highest BCUT2D eigenvalue weighted by atomic mass is 31.2. The van der Waals surface area contributed by atoms with Crippen molar-refractivity contribution in [2.75, 3.05) is 6.66 Å². The fraction of sp³-hybridized carbons (Fsp3) is 0.333. The lowest BCUT2D eigenvalue weighted by Gasteiger charge is -2.03. The van der Waals surface area contributed by atoms with Crippen molar-refractivity contribution in [1.82, 2.24) is 0 Å². The molecule has 2 unspecified atom stereocenters. The van der Waals surface area contributed by atoms with Crippen molar-refractivity contribution < 1.29 is 22.3 Å². The fourth-order valence-electron chi connectivity index (χ4n) is 0.346. The third-order valence-corrected chi connectivity index (χ3v) is 4.31. The Balaban J connectivity index is 4.35. The van der Waals surface area contributed by atoms with E-state index in [0.717, 1.165) is 6.66 Å². The summed E-state index contributed by atoms with van der Waals surface area (Å²) in [4.78, 5) is 0. The molecule has 0 rings (SSSR count). The minimum atomic E-state index is -3.50. The van der Waals surface area contributed by atoms with Crippen LogP contribution >= 0.6 is 22.9 Å². The Morgan fingerprint density at radius 1 is 1.18 bits per heavy atom. The highest BCUT2D eigenvalue weighted by Gasteiger charge is 2.18. The van der Waals surface area contributed by atoms with E-state index < -0.39 is 22.9 Å². The van der Waals surface area contributed by atoms with E-state index >= 15 is 0 Å². The minimum Gasteiger partial charge on any atom is -0.259 e. The summed E-state index contributed by atoms with van der Waals surface area (Å²) in [6.07, 6.45) is 5.90. The van der Waals surface area contributed by atoms with E-state index in [2.05, 4.69) is 21.2 Å². The van der Waals surface area contributed by atoms with Gasteiger partial charge in [0.05, 0.1) is 0 Å². The first kappa shape index (κ1) is 11.1. The summed E-state index contributed by atoms with van der Waals surface area (Å²) in [5, 5.41) is 0. The van der Waals surface area contributed by atoms with Gasteiger partial charge in [-0.25, -0.2) is 8.62 Å². The first-order valence-corrected chi connectivity index (χ1v) is 7.07. The summed E-state index contributed by atoms with van der Waals surface area (Å²) in [7, 11) is -8.02. The Labute approximate surface area is 65.3 Å². The summed E-state index contributed by atoms with van der Waals surface area (Å²) in [6.45, 7) is 1.05. The zero-order chi connectivity index (χ0) is 9.07. The Hall–Kier alpha value is 0.0900. The largest absolute Gasteiger partial charge is 0.347 e. The summed E-state index contributed by atoms with van der Waals surface area (Å²) in [5.41, 5.74) is 0. The molecule has 0 N–H and O–H groups in total. The van der Waals surface area contributed by atoms with Crippen molar-refractivity contribution in [3.05, 3.63) is 0 Å². The molecular formula is C3H7O5P3. The Bertz CT molecular complexity index is 267. The number of hydrogen-bond donors (Lipinski definition) is 0. The first-order chi connectivity index (χ1) is 4.83. The second-order valence-electron chi connectivity index (χ2n) is 1.60. The maximum absolute atomic E-state index is 10.9. The van der Waals surface area contributed by atoms with Gasteiger partial charge in [0.15, 0.2) is 0 Å². The average molecular weight is 216 g/mol. The lowest BCUT2D eigenvalue weighted by molar-refractivity contribution is 0.408. The predicted molar refractivity (Wildman–Crippen MR) is 45.2 cm³/mol. The van der Waals surface area contributed by atoms with Crippen LogP contribution in [0.2, 0.25) is 0 Å². The number of rotatable bonds is 4. The molecule has 0 bridgehead atoms. The first-order valence-electron chi connectivity index (χ1n) is 2.36. The standard InChI is InChI=1S/C3H7O5P3/c1-9(4)7-11(3,6)8-10(2)5/h1-2H2,3H3. The van der Waals surface area contributed by atoms with E-state index in [-0.39, 0.29) is 0 Å². The molecule has 0 aliphatic heterocycles. The summed E-state index contributed by atoms with van der Waals surface area (Å²) < 4.78 is 40.0. The van der Waals surface area contributed by atoms with E-state index in [0.29, 0.717) is 0 Å². The molecule has 0 aromatic heterocycles. The van der Waals surface area contributed by atoms with Crippen molar-refractivity contribution in [3.63, 3.8) is 0 Å². The normalized spacial score (nSPS) is 18.6. The molecule has 0 aromatic rings. The van der Waals surface area contributed by atoms with Gasteiger partial charge < -0.3 is 0 Å². The highest BCUT2D eigenvalue weighted by molar-refractivity contribution is 7.65. The molecule has 64 valence electrons. The van der Waals surface area contributed by atoms with Crippen LogP contribution in [0.25, 0.3) is 0 Å². The molecule has 11 heavy (non-hydrogen) atoms. The van der Waals surface area contributed by atoms with Crippen molar-refractivity contribution in [1.29, 1.82) is 0 Å². The van der Waals surface area contributed by atoms with Crippen LogP contribution < -0.4 is 0 Å². The second-order valence-corrected chi connectivity index (χ2v) is 5.78. The average Bonchev–Trinajstić information content (AvgIpc) is 1.53. The third-order valence-electron chi connectivity index (χ3n) is 0.479. The SMILES string of the molecule is C=P(=O)OP(C)(=O)OP(=C)=O. The topological polar surface area (TPSA) is 69.7 Å². The summed E-state index contributed by atoms with van der Waals surface area (Å²) in [5.74, 6) is 0. The quantitative estimate of drug-likeness (QED) is 0.673. The van der Waals surface area contributed by atoms with Gasteiger partial charge in [-0.2, -0.15) is 0 Å². The molecule has 0 saturated carbocycles. The highest BCUT2D eigenvalue weighted by Crippen LogP contribution is 2.52. The van der Waals surface area contributed by atoms with E-state index in [1.54, 1.807) is 0 Å². The minimum absolute atomic E-state index is 1.05. The maximum atomic E-state index is 10.9. The smallest absolute Gasteiger partial charge is 0.259 e. The van der Waals surface area contributed by atoms with Gasteiger partial charge in [-0.3, -0.25) is 13.7 Å². The van der Waals surface area contributed by atoms with Crippen molar-refractivity contribution in [2.45, 2.75) is 0 Å². The molecule has 0 aliphatic rings. The molecule has 2 atom stereocenters. The van der Waals surface area contributed by atoms with Gasteiger partial charge in [-0.05, 0) is 12.6 Å². The van der Waals surface area contributed by atoms with Gasteiger partial charge in [0.25, 0.3) is 0 Å². The Morgan fingerprint density at radius 3 is 1.64 bits per heavy atom. The van der Waals surface area contributed by atoms with Gasteiger partial charge in [-0.1, -0.05) is 0 Å². The molecule has 0 radical (unpaired) electrons. The van der Waals surface area contributed by atoms with Crippen LogP contribution in [0.3, 0.4) is 0 Å². The van der Waals surface area contributed by atoms with Gasteiger partial charge >= 0.3 is 7.60 Å². The van der Waals surface area contributed by atoms with E-state index in [9.17, 15) is 13.7 Å². The van der Waals surface area contributed by atoms with Gasteiger partial charge in [-0.15, -0.1) is 0 Å². The van der Waals surface area contributed by atoms with Gasteiger partial charge in [0.1, 0.15) is 0 Å².